The topological polar surface area (TPSA) is 52.8 Å². The summed E-state index contributed by atoms with van der Waals surface area (Å²) in [5.41, 5.74) is 1.90. The van der Waals surface area contributed by atoms with Gasteiger partial charge in [-0.25, -0.2) is 0 Å². The zero-order valence-corrected chi connectivity index (χ0v) is 14.7. The molecular weight excluding hydrogens is 348 g/mol. The van der Waals surface area contributed by atoms with Crippen LogP contribution in [0.5, 0.6) is 11.5 Å². The van der Waals surface area contributed by atoms with Crippen molar-refractivity contribution in [3.05, 3.63) is 71.6 Å². The Bertz CT molecular complexity index is 1080. The van der Waals surface area contributed by atoms with Crippen LogP contribution in [0.2, 0.25) is 0 Å². The Kier molecular flexibility index (Phi) is 4.41. The van der Waals surface area contributed by atoms with Crippen LogP contribution in [0.25, 0.3) is 16.3 Å². The second kappa shape index (κ2) is 7.01. The Morgan fingerprint density at radius 2 is 2.00 bits per heavy atom. The highest BCUT2D eigenvalue weighted by Crippen LogP contribution is 2.36. The van der Waals surface area contributed by atoms with Crippen molar-refractivity contribution in [2.24, 2.45) is 4.99 Å². The molecule has 0 unspecified atom stereocenters. The SMILES string of the molecule is C=CCn1c(=NC(=O)/C=C/c2ccccc2)sc2cc3c(cc21)OCO3. The molecular formula is C20H16N2O3S. The summed E-state index contributed by atoms with van der Waals surface area (Å²) in [6.07, 6.45) is 5.01. The third-order valence-corrected chi connectivity index (χ3v) is 4.95. The lowest BCUT2D eigenvalue weighted by atomic mass is 10.2. The minimum Gasteiger partial charge on any atom is -0.454 e. The fraction of sp³-hybridized carbons (Fsp3) is 0.100. The van der Waals surface area contributed by atoms with E-state index in [1.54, 1.807) is 12.2 Å². The second-order valence-corrected chi connectivity index (χ2v) is 6.66. The molecule has 2 aromatic carbocycles. The number of nitrogens with zero attached hydrogens (tertiary/aromatic N) is 2. The number of allylic oxidation sites excluding steroid dienone is 1. The Hall–Kier alpha value is -3.12. The van der Waals surface area contributed by atoms with Crippen molar-refractivity contribution in [2.75, 3.05) is 6.79 Å². The molecule has 5 nitrogen and oxygen atoms in total. The Balaban J connectivity index is 1.74. The largest absolute Gasteiger partial charge is 0.454 e. The molecule has 0 saturated carbocycles. The van der Waals surface area contributed by atoms with Crippen molar-refractivity contribution in [1.29, 1.82) is 0 Å². The quantitative estimate of drug-likeness (QED) is 0.523. The number of ether oxygens (including phenoxy) is 2. The Morgan fingerprint density at radius 1 is 1.23 bits per heavy atom. The lowest BCUT2D eigenvalue weighted by Gasteiger charge is -2.01. The zero-order valence-electron chi connectivity index (χ0n) is 13.9. The van der Waals surface area contributed by atoms with Gasteiger partial charge in [0.15, 0.2) is 16.3 Å². The lowest BCUT2D eigenvalue weighted by molar-refractivity contribution is -0.113. The molecule has 1 aliphatic heterocycles. The zero-order chi connectivity index (χ0) is 17.9. The van der Waals surface area contributed by atoms with Crippen molar-refractivity contribution < 1.29 is 14.3 Å². The van der Waals surface area contributed by atoms with Crippen LogP contribution in [0.15, 0.2) is 66.2 Å². The summed E-state index contributed by atoms with van der Waals surface area (Å²) in [4.78, 5) is 17.2. The summed E-state index contributed by atoms with van der Waals surface area (Å²) in [7, 11) is 0. The van der Waals surface area contributed by atoms with Crippen LogP contribution in [0.3, 0.4) is 0 Å². The minimum atomic E-state index is -0.307. The molecule has 0 spiro atoms. The van der Waals surface area contributed by atoms with Crippen LogP contribution in [-0.4, -0.2) is 17.3 Å². The predicted molar refractivity (Wildman–Crippen MR) is 102 cm³/mol. The minimum absolute atomic E-state index is 0.230. The Labute approximate surface area is 154 Å². The predicted octanol–water partition coefficient (Wildman–Crippen LogP) is 3.76. The molecule has 1 aliphatic rings. The van der Waals surface area contributed by atoms with Gasteiger partial charge in [0.1, 0.15) is 0 Å². The summed E-state index contributed by atoms with van der Waals surface area (Å²) in [6.45, 7) is 4.58. The van der Waals surface area contributed by atoms with Crippen molar-refractivity contribution in [2.45, 2.75) is 6.54 Å². The highest BCUT2D eigenvalue weighted by Gasteiger charge is 2.17. The normalized spacial score (nSPS) is 13.6. The summed E-state index contributed by atoms with van der Waals surface area (Å²) < 4.78 is 13.8. The summed E-state index contributed by atoms with van der Waals surface area (Å²) >= 11 is 1.44. The third kappa shape index (κ3) is 3.19. The maximum atomic E-state index is 12.3. The third-order valence-electron chi connectivity index (χ3n) is 3.91. The molecule has 0 atom stereocenters. The lowest BCUT2D eigenvalue weighted by Crippen LogP contribution is -2.15. The number of hydrogen-bond acceptors (Lipinski definition) is 4. The first-order valence-electron chi connectivity index (χ1n) is 8.10. The van der Waals surface area contributed by atoms with Crippen LogP contribution < -0.4 is 14.3 Å². The maximum absolute atomic E-state index is 12.3. The van der Waals surface area contributed by atoms with E-state index in [1.807, 2.05) is 47.0 Å². The molecule has 0 fully saturated rings. The average Bonchev–Trinajstić information content (AvgIpc) is 3.24. The number of fused-ring (bicyclic) bond motifs is 2. The van der Waals surface area contributed by atoms with Crippen LogP contribution in [0, 0.1) is 0 Å². The molecule has 2 heterocycles. The van der Waals surface area contributed by atoms with E-state index in [-0.39, 0.29) is 12.7 Å². The van der Waals surface area contributed by atoms with E-state index in [4.69, 9.17) is 9.47 Å². The summed E-state index contributed by atoms with van der Waals surface area (Å²) in [6, 6.07) is 13.5. The van der Waals surface area contributed by atoms with Gasteiger partial charge >= 0.3 is 0 Å². The van der Waals surface area contributed by atoms with Crippen LogP contribution in [-0.2, 0) is 11.3 Å². The highest BCUT2D eigenvalue weighted by molar-refractivity contribution is 7.16. The van der Waals surface area contributed by atoms with Gasteiger partial charge in [-0.05, 0) is 11.6 Å². The monoisotopic (exact) mass is 364 g/mol. The molecule has 130 valence electrons. The molecule has 0 radical (unpaired) electrons. The highest BCUT2D eigenvalue weighted by atomic mass is 32.1. The average molecular weight is 364 g/mol. The number of rotatable bonds is 4. The molecule has 3 aromatic rings. The number of hydrogen-bond donors (Lipinski definition) is 0. The number of amides is 1. The fourth-order valence-corrected chi connectivity index (χ4v) is 3.77. The molecule has 0 N–H and O–H groups in total. The molecule has 0 bridgehead atoms. The number of aromatic nitrogens is 1. The van der Waals surface area contributed by atoms with Gasteiger partial charge in [0.05, 0.1) is 10.2 Å². The van der Waals surface area contributed by atoms with E-state index in [2.05, 4.69) is 11.6 Å². The van der Waals surface area contributed by atoms with Crippen LogP contribution >= 0.6 is 11.3 Å². The van der Waals surface area contributed by atoms with Gasteiger partial charge in [0.2, 0.25) is 6.79 Å². The maximum Gasteiger partial charge on any atom is 0.272 e. The van der Waals surface area contributed by atoms with Gasteiger partial charge in [-0.1, -0.05) is 47.7 Å². The number of thiazole rings is 1. The van der Waals surface area contributed by atoms with Gasteiger partial charge in [-0.15, -0.1) is 6.58 Å². The van der Waals surface area contributed by atoms with Gasteiger partial charge in [0.25, 0.3) is 5.91 Å². The summed E-state index contributed by atoms with van der Waals surface area (Å²) in [5, 5.41) is 0. The molecule has 1 amide bonds. The van der Waals surface area contributed by atoms with Gasteiger partial charge < -0.3 is 14.0 Å². The van der Waals surface area contributed by atoms with E-state index in [0.717, 1.165) is 15.8 Å². The molecule has 0 aliphatic carbocycles. The number of benzene rings is 2. The van der Waals surface area contributed by atoms with Crippen molar-refractivity contribution in [3.63, 3.8) is 0 Å². The number of carbonyl (C=O) groups excluding carboxylic acids is 1. The van der Waals surface area contributed by atoms with Gasteiger partial charge in [0, 0.05) is 24.8 Å². The first-order chi connectivity index (χ1) is 12.7. The van der Waals surface area contributed by atoms with Crippen LogP contribution in [0.4, 0.5) is 0 Å². The van der Waals surface area contributed by atoms with E-state index in [0.29, 0.717) is 22.8 Å². The standard InChI is InChI=1S/C20H16N2O3S/c1-2-10-22-15-11-16-17(25-13-24-16)12-18(15)26-20(22)21-19(23)9-8-14-6-4-3-5-7-14/h2-9,11-12H,1,10,13H2/b9-8+,21-20?. The Morgan fingerprint density at radius 3 is 2.77 bits per heavy atom. The van der Waals surface area contributed by atoms with Crippen molar-refractivity contribution in [1.82, 2.24) is 4.57 Å². The molecule has 1 aromatic heterocycles. The summed E-state index contributed by atoms with van der Waals surface area (Å²) in [5.74, 6) is 1.11. The van der Waals surface area contributed by atoms with E-state index >= 15 is 0 Å². The molecule has 26 heavy (non-hydrogen) atoms. The van der Waals surface area contributed by atoms with E-state index in [1.165, 1.54) is 17.4 Å². The molecule has 0 saturated heterocycles. The van der Waals surface area contributed by atoms with Gasteiger partial charge in [-0.3, -0.25) is 4.79 Å². The number of carbonyl (C=O) groups is 1. The smallest absolute Gasteiger partial charge is 0.272 e. The molecule has 4 rings (SSSR count). The van der Waals surface area contributed by atoms with Crippen molar-refractivity contribution in [3.8, 4) is 11.5 Å². The first kappa shape index (κ1) is 16.4. The van der Waals surface area contributed by atoms with E-state index in [9.17, 15) is 4.79 Å². The fourth-order valence-electron chi connectivity index (χ4n) is 2.71. The van der Waals surface area contributed by atoms with E-state index < -0.39 is 0 Å². The molecule has 6 heteroatoms. The van der Waals surface area contributed by atoms with Crippen molar-refractivity contribution >= 4 is 33.5 Å². The van der Waals surface area contributed by atoms with Crippen LogP contribution in [0.1, 0.15) is 5.56 Å². The first-order valence-corrected chi connectivity index (χ1v) is 8.92. The second-order valence-electron chi connectivity index (χ2n) is 5.65. The van der Waals surface area contributed by atoms with Gasteiger partial charge in [-0.2, -0.15) is 4.99 Å².